The lowest BCUT2D eigenvalue weighted by molar-refractivity contribution is 0.0993. The Labute approximate surface area is 96.6 Å². The smallest absolute Gasteiger partial charge is 0.279 e. The second-order valence-corrected chi connectivity index (χ2v) is 5.09. The first kappa shape index (κ1) is 11.6. The molecule has 1 unspecified atom stereocenters. The van der Waals surface area contributed by atoms with Crippen LogP contribution in [0.4, 0.5) is 0 Å². The normalized spacial score (nSPS) is 19.7. The molecule has 0 heterocycles. The van der Waals surface area contributed by atoms with E-state index < -0.39 is 26.9 Å². The molecule has 1 atom stereocenters. The summed E-state index contributed by atoms with van der Waals surface area (Å²) in [5.74, 6) is -1.78. The number of rotatable bonds is 1. The topological polar surface area (TPSA) is 112 Å². The van der Waals surface area contributed by atoms with Gasteiger partial charge < -0.3 is 10.2 Å². The van der Waals surface area contributed by atoms with Crippen LogP contribution in [0.25, 0.3) is 5.76 Å². The van der Waals surface area contributed by atoms with Crippen molar-refractivity contribution in [1.82, 2.24) is 0 Å². The molecule has 0 saturated carbocycles. The molecular weight excluding hydrogens is 248 g/mol. The number of aliphatic hydroxyl groups is 1. The number of carbonyl (C=O) groups is 1. The van der Waals surface area contributed by atoms with Crippen LogP contribution < -0.4 is 0 Å². The Morgan fingerprint density at radius 3 is 2.41 bits per heavy atom. The van der Waals surface area contributed by atoms with Crippen LogP contribution >= 0.6 is 0 Å². The van der Waals surface area contributed by atoms with E-state index in [1.54, 1.807) is 0 Å². The molecule has 0 radical (unpaired) electrons. The molecule has 0 saturated heterocycles. The fourth-order valence-electron chi connectivity index (χ4n) is 1.69. The third-order valence-electron chi connectivity index (χ3n) is 2.45. The van der Waals surface area contributed by atoms with Gasteiger partial charge in [-0.25, -0.2) is 0 Å². The molecule has 1 aromatic rings. The van der Waals surface area contributed by atoms with Crippen molar-refractivity contribution in [3.8, 4) is 5.75 Å². The van der Waals surface area contributed by atoms with Crippen LogP contribution in [0.3, 0.4) is 0 Å². The number of fused-ring (bicyclic) bond motifs is 1. The van der Waals surface area contributed by atoms with Gasteiger partial charge >= 0.3 is 0 Å². The van der Waals surface area contributed by atoms with Crippen LogP contribution in [0.2, 0.25) is 0 Å². The number of aromatic hydroxyl groups is 1. The third kappa shape index (κ3) is 1.79. The van der Waals surface area contributed by atoms with Gasteiger partial charge in [-0.05, 0) is 12.1 Å². The number of Topliss-reactive ketones (excluding diaryl/α,β-unsaturated/α-hetero) is 1. The predicted octanol–water partition coefficient (Wildman–Crippen LogP) is 0.744. The van der Waals surface area contributed by atoms with Crippen LogP contribution in [0, 0.1) is 0 Å². The number of hydrogen-bond acceptors (Lipinski definition) is 5. The average molecular weight is 256 g/mol. The van der Waals surface area contributed by atoms with Crippen molar-refractivity contribution in [2.45, 2.75) is 5.25 Å². The Morgan fingerprint density at radius 2 is 1.82 bits per heavy atom. The molecule has 17 heavy (non-hydrogen) atoms. The molecule has 6 nitrogen and oxygen atoms in total. The summed E-state index contributed by atoms with van der Waals surface area (Å²) in [5, 5.41) is 17.2. The predicted molar refractivity (Wildman–Crippen MR) is 58.4 cm³/mol. The Hall–Kier alpha value is -1.86. The van der Waals surface area contributed by atoms with Crippen molar-refractivity contribution >= 4 is 21.7 Å². The highest BCUT2D eigenvalue weighted by atomic mass is 32.2. The summed E-state index contributed by atoms with van der Waals surface area (Å²) in [4.78, 5) is 11.8. The third-order valence-corrected chi connectivity index (χ3v) is 3.44. The highest BCUT2D eigenvalue weighted by Crippen LogP contribution is 2.33. The van der Waals surface area contributed by atoms with Crippen molar-refractivity contribution in [2.24, 2.45) is 0 Å². The standard InChI is InChI=1S/C10H8O6S/c11-6-3-1-2-5-9(6)7(12)4-8(10(5)13)17(14,15)16/h1-4,8,11-12H,(H,14,15,16). The maximum Gasteiger partial charge on any atom is 0.279 e. The van der Waals surface area contributed by atoms with Gasteiger partial charge in [-0.15, -0.1) is 0 Å². The first-order valence-corrected chi connectivity index (χ1v) is 6.06. The first-order chi connectivity index (χ1) is 7.82. The van der Waals surface area contributed by atoms with E-state index in [1.165, 1.54) is 18.2 Å². The largest absolute Gasteiger partial charge is 0.507 e. The maximum atomic E-state index is 11.8. The molecule has 90 valence electrons. The Morgan fingerprint density at radius 1 is 1.18 bits per heavy atom. The van der Waals surface area contributed by atoms with Crippen molar-refractivity contribution in [1.29, 1.82) is 0 Å². The summed E-state index contributed by atoms with van der Waals surface area (Å²) in [6, 6.07) is 3.86. The van der Waals surface area contributed by atoms with Gasteiger partial charge in [0.05, 0.1) is 5.56 Å². The van der Waals surface area contributed by atoms with Gasteiger partial charge in [0.1, 0.15) is 11.5 Å². The fraction of sp³-hybridized carbons (Fsp3) is 0.100. The molecule has 1 aliphatic rings. The Bertz CT molecular complexity index is 628. The monoisotopic (exact) mass is 256 g/mol. The number of phenolic OH excluding ortho intramolecular Hbond substituents is 1. The molecule has 0 bridgehead atoms. The van der Waals surface area contributed by atoms with Crippen LogP contribution in [0.5, 0.6) is 5.75 Å². The summed E-state index contributed by atoms with van der Waals surface area (Å²) in [6.07, 6.45) is 0.694. The minimum Gasteiger partial charge on any atom is -0.507 e. The molecule has 1 aliphatic carbocycles. The van der Waals surface area contributed by atoms with Crippen LogP contribution in [0.15, 0.2) is 24.3 Å². The van der Waals surface area contributed by atoms with E-state index in [0.717, 1.165) is 0 Å². The highest BCUT2D eigenvalue weighted by molar-refractivity contribution is 7.87. The van der Waals surface area contributed by atoms with E-state index in [0.29, 0.717) is 6.08 Å². The van der Waals surface area contributed by atoms with Crippen molar-refractivity contribution in [3.05, 3.63) is 35.4 Å². The van der Waals surface area contributed by atoms with E-state index >= 15 is 0 Å². The molecular formula is C10H8O6S. The van der Waals surface area contributed by atoms with Gasteiger partial charge in [-0.3, -0.25) is 9.35 Å². The lowest BCUT2D eigenvalue weighted by atomic mass is 9.94. The van der Waals surface area contributed by atoms with Crippen LogP contribution in [-0.4, -0.2) is 34.2 Å². The SMILES string of the molecule is O=C1c2cccc(O)c2C(O)=CC1S(=O)(=O)O. The molecule has 0 fully saturated rings. The average Bonchev–Trinajstić information content (AvgIpc) is 2.21. The van der Waals surface area contributed by atoms with E-state index in [9.17, 15) is 23.4 Å². The lowest BCUT2D eigenvalue weighted by Gasteiger charge is -2.18. The Balaban J connectivity index is 2.71. The van der Waals surface area contributed by atoms with E-state index in [2.05, 4.69) is 0 Å². The minimum absolute atomic E-state index is 0.127. The number of benzene rings is 1. The number of phenols is 1. The molecule has 2 rings (SSSR count). The summed E-state index contributed by atoms with van der Waals surface area (Å²) >= 11 is 0. The second-order valence-electron chi connectivity index (χ2n) is 3.55. The number of carbonyl (C=O) groups excluding carboxylic acids is 1. The summed E-state index contributed by atoms with van der Waals surface area (Å²) < 4.78 is 30.8. The summed E-state index contributed by atoms with van der Waals surface area (Å²) in [6.45, 7) is 0. The highest BCUT2D eigenvalue weighted by Gasteiger charge is 2.36. The molecule has 0 amide bonds. The molecule has 3 N–H and O–H groups in total. The molecule has 0 spiro atoms. The van der Waals surface area contributed by atoms with Gasteiger partial charge in [-0.1, -0.05) is 12.1 Å². The zero-order chi connectivity index (χ0) is 12.8. The van der Waals surface area contributed by atoms with E-state index in [-0.39, 0.29) is 16.9 Å². The quantitative estimate of drug-likeness (QED) is 0.639. The van der Waals surface area contributed by atoms with Crippen molar-refractivity contribution < 1.29 is 28.0 Å². The Kier molecular flexibility index (Phi) is 2.44. The maximum absolute atomic E-state index is 11.8. The lowest BCUT2D eigenvalue weighted by Crippen LogP contribution is -2.31. The first-order valence-electron chi connectivity index (χ1n) is 4.56. The zero-order valence-corrected chi connectivity index (χ0v) is 9.18. The van der Waals surface area contributed by atoms with E-state index in [1.807, 2.05) is 0 Å². The molecule has 0 aliphatic heterocycles. The van der Waals surface area contributed by atoms with Gasteiger partial charge in [-0.2, -0.15) is 8.42 Å². The minimum atomic E-state index is -4.63. The molecule has 1 aromatic carbocycles. The number of ketones is 1. The summed E-state index contributed by atoms with van der Waals surface area (Å²) in [5.41, 5.74) is -0.273. The fourth-order valence-corrected chi connectivity index (χ4v) is 2.39. The number of aliphatic hydroxyl groups excluding tert-OH is 1. The molecule has 0 aromatic heterocycles. The van der Waals surface area contributed by atoms with Gasteiger partial charge in [0.2, 0.25) is 0 Å². The summed E-state index contributed by atoms with van der Waals surface area (Å²) in [7, 11) is -4.63. The van der Waals surface area contributed by atoms with Crippen molar-refractivity contribution in [3.63, 3.8) is 0 Å². The van der Waals surface area contributed by atoms with E-state index in [4.69, 9.17) is 4.55 Å². The second kappa shape index (κ2) is 3.57. The van der Waals surface area contributed by atoms with Gasteiger partial charge in [0.15, 0.2) is 11.0 Å². The van der Waals surface area contributed by atoms with Crippen LogP contribution in [0.1, 0.15) is 15.9 Å². The number of hydrogen-bond donors (Lipinski definition) is 3. The molecule has 7 heteroatoms. The zero-order valence-electron chi connectivity index (χ0n) is 8.36. The van der Waals surface area contributed by atoms with Crippen molar-refractivity contribution in [2.75, 3.05) is 0 Å². The van der Waals surface area contributed by atoms with Crippen LogP contribution in [-0.2, 0) is 10.1 Å². The van der Waals surface area contributed by atoms with Gasteiger partial charge in [0.25, 0.3) is 10.1 Å². The van der Waals surface area contributed by atoms with Gasteiger partial charge in [0, 0.05) is 5.56 Å².